The lowest BCUT2D eigenvalue weighted by Gasteiger charge is -2.21. The van der Waals surface area contributed by atoms with E-state index in [9.17, 15) is 23.1 Å². The fourth-order valence-corrected chi connectivity index (χ4v) is 4.66. The summed E-state index contributed by atoms with van der Waals surface area (Å²) in [7, 11) is 0. The van der Waals surface area contributed by atoms with E-state index in [0.717, 1.165) is 30.3 Å². The smallest absolute Gasteiger partial charge is 0.434 e. The monoisotopic (exact) mass is 466 g/mol. The molecule has 0 unspecified atom stereocenters. The molecule has 34 heavy (non-hydrogen) atoms. The van der Waals surface area contributed by atoms with Crippen molar-refractivity contribution in [3.63, 3.8) is 0 Å². The molecule has 5 rings (SSSR count). The summed E-state index contributed by atoms with van der Waals surface area (Å²) in [6.07, 6.45) is -0.237. The lowest BCUT2D eigenvalue weighted by atomic mass is 9.90. The highest BCUT2D eigenvalue weighted by Crippen LogP contribution is 2.40. The van der Waals surface area contributed by atoms with Gasteiger partial charge in [-0.15, -0.1) is 0 Å². The van der Waals surface area contributed by atoms with Crippen LogP contribution < -0.4 is 0 Å². The number of carboxylic acid groups (broad SMARTS) is 1. The van der Waals surface area contributed by atoms with Gasteiger partial charge in [-0.1, -0.05) is 38.1 Å². The minimum Gasteiger partial charge on any atom is -0.478 e. The van der Waals surface area contributed by atoms with E-state index in [4.69, 9.17) is 0 Å². The Labute approximate surface area is 193 Å². The molecule has 0 fully saturated rings. The number of fused-ring (bicyclic) bond motifs is 1. The number of aryl methyl sites for hydroxylation is 1. The minimum absolute atomic E-state index is 0.00229. The molecule has 0 spiro atoms. The molecule has 0 atom stereocenters. The van der Waals surface area contributed by atoms with Gasteiger partial charge in [-0.2, -0.15) is 23.4 Å². The van der Waals surface area contributed by atoms with Crippen LogP contribution in [0.25, 0.3) is 22.5 Å². The fourth-order valence-electron chi connectivity index (χ4n) is 4.66. The van der Waals surface area contributed by atoms with Crippen molar-refractivity contribution in [2.24, 2.45) is 0 Å². The Kier molecular flexibility index (Phi) is 4.89. The number of aromatic nitrogens is 4. The zero-order valence-electron chi connectivity index (χ0n) is 18.5. The van der Waals surface area contributed by atoms with Gasteiger partial charge in [0.25, 0.3) is 0 Å². The Balaban J connectivity index is 1.58. The van der Waals surface area contributed by atoms with Gasteiger partial charge in [0.1, 0.15) is 5.56 Å². The van der Waals surface area contributed by atoms with Crippen molar-refractivity contribution in [2.45, 2.75) is 38.3 Å². The lowest BCUT2D eigenvalue weighted by molar-refractivity contribution is -0.143. The summed E-state index contributed by atoms with van der Waals surface area (Å²) in [6, 6.07) is 14.1. The van der Waals surface area contributed by atoms with E-state index in [0.29, 0.717) is 10.2 Å². The summed E-state index contributed by atoms with van der Waals surface area (Å²) >= 11 is 0. The van der Waals surface area contributed by atoms with Crippen LogP contribution in [-0.4, -0.2) is 30.6 Å². The fraction of sp³-hybridized carbons (Fsp3) is 0.240. The summed E-state index contributed by atoms with van der Waals surface area (Å²) in [5, 5.41) is 17.5. The third kappa shape index (κ3) is 3.57. The maximum atomic E-state index is 13.7. The average molecular weight is 466 g/mol. The minimum atomic E-state index is -4.88. The molecule has 1 aliphatic rings. The summed E-state index contributed by atoms with van der Waals surface area (Å²) in [6.45, 7) is 4.38. The van der Waals surface area contributed by atoms with Crippen LogP contribution in [0.4, 0.5) is 13.2 Å². The van der Waals surface area contributed by atoms with E-state index in [1.165, 1.54) is 17.3 Å². The van der Waals surface area contributed by atoms with Crippen molar-refractivity contribution in [1.82, 2.24) is 19.6 Å². The van der Waals surface area contributed by atoms with Crippen LogP contribution in [0, 0.1) is 0 Å². The Morgan fingerprint density at radius 1 is 0.971 bits per heavy atom. The van der Waals surface area contributed by atoms with Gasteiger partial charge in [-0.05, 0) is 53.8 Å². The third-order valence-corrected chi connectivity index (χ3v) is 6.29. The molecular formula is C25H21F3N4O2. The van der Waals surface area contributed by atoms with E-state index >= 15 is 0 Å². The molecule has 0 saturated heterocycles. The van der Waals surface area contributed by atoms with Gasteiger partial charge in [-0.25, -0.2) is 14.2 Å². The summed E-state index contributed by atoms with van der Waals surface area (Å²) in [5.74, 6) is -1.68. The number of aromatic carboxylic acids is 1. The highest BCUT2D eigenvalue weighted by Gasteiger charge is 2.40. The first-order valence-corrected chi connectivity index (χ1v) is 10.7. The predicted molar refractivity (Wildman–Crippen MR) is 119 cm³/mol. The van der Waals surface area contributed by atoms with Crippen LogP contribution in [0.1, 0.15) is 47.6 Å². The zero-order valence-corrected chi connectivity index (χ0v) is 18.5. The first-order valence-electron chi connectivity index (χ1n) is 10.7. The second-order valence-corrected chi connectivity index (χ2v) is 9.04. The molecule has 6 nitrogen and oxygen atoms in total. The number of carboxylic acids is 1. The molecule has 4 aromatic rings. The van der Waals surface area contributed by atoms with Crippen molar-refractivity contribution < 1.29 is 23.1 Å². The molecule has 9 heteroatoms. The lowest BCUT2D eigenvalue weighted by Crippen LogP contribution is -2.18. The molecule has 2 aromatic carbocycles. The van der Waals surface area contributed by atoms with Crippen molar-refractivity contribution in [2.75, 3.05) is 0 Å². The molecule has 174 valence electrons. The van der Waals surface area contributed by atoms with Crippen LogP contribution in [-0.2, 0) is 18.0 Å². The van der Waals surface area contributed by atoms with E-state index < -0.39 is 23.4 Å². The van der Waals surface area contributed by atoms with Gasteiger partial charge < -0.3 is 5.11 Å². The highest BCUT2D eigenvalue weighted by molar-refractivity contribution is 5.89. The zero-order chi connectivity index (χ0) is 24.3. The molecule has 1 N–H and O–H groups in total. The predicted octanol–water partition coefficient (Wildman–Crippen LogP) is 5.67. The first-order chi connectivity index (χ1) is 16.1. The van der Waals surface area contributed by atoms with Crippen molar-refractivity contribution in [3.05, 3.63) is 83.4 Å². The van der Waals surface area contributed by atoms with Crippen LogP contribution in [0.5, 0.6) is 0 Å². The maximum absolute atomic E-state index is 13.7. The van der Waals surface area contributed by atoms with Crippen molar-refractivity contribution >= 4 is 5.97 Å². The normalized spacial score (nSPS) is 14.9. The topological polar surface area (TPSA) is 72.9 Å². The van der Waals surface area contributed by atoms with Crippen LogP contribution in [0.3, 0.4) is 0 Å². The molecule has 1 aliphatic carbocycles. The summed E-state index contributed by atoms with van der Waals surface area (Å²) < 4.78 is 43.5. The number of halogens is 3. The van der Waals surface area contributed by atoms with E-state index in [-0.39, 0.29) is 11.1 Å². The molecular weight excluding hydrogens is 445 g/mol. The van der Waals surface area contributed by atoms with Gasteiger partial charge in [0.05, 0.1) is 29.5 Å². The van der Waals surface area contributed by atoms with Gasteiger partial charge in [0.15, 0.2) is 5.69 Å². The number of hydrogen-bond acceptors (Lipinski definition) is 3. The number of nitrogens with zero attached hydrogens (tertiary/aromatic N) is 4. The number of rotatable bonds is 4. The van der Waals surface area contributed by atoms with E-state index in [2.05, 4.69) is 24.0 Å². The van der Waals surface area contributed by atoms with Crippen LogP contribution in [0.15, 0.2) is 60.9 Å². The largest absolute Gasteiger partial charge is 0.478 e. The molecule has 0 bridgehead atoms. The Bertz CT molecular complexity index is 1420. The molecule has 2 aromatic heterocycles. The number of carbonyl (C=O) groups is 1. The number of hydrogen-bond donors (Lipinski definition) is 1. The summed E-state index contributed by atoms with van der Waals surface area (Å²) in [4.78, 5) is 11.3. The van der Waals surface area contributed by atoms with Crippen molar-refractivity contribution in [1.29, 1.82) is 0 Å². The average Bonchev–Trinajstić information content (AvgIpc) is 3.49. The van der Waals surface area contributed by atoms with Gasteiger partial charge in [-0.3, -0.25) is 0 Å². The van der Waals surface area contributed by atoms with E-state index in [1.54, 1.807) is 18.2 Å². The second kappa shape index (κ2) is 7.58. The van der Waals surface area contributed by atoms with Gasteiger partial charge in [0, 0.05) is 5.41 Å². The van der Waals surface area contributed by atoms with E-state index in [1.807, 2.05) is 35.1 Å². The second-order valence-electron chi connectivity index (χ2n) is 9.04. The Morgan fingerprint density at radius 2 is 1.56 bits per heavy atom. The van der Waals surface area contributed by atoms with Gasteiger partial charge in [0.2, 0.25) is 0 Å². The van der Waals surface area contributed by atoms with Gasteiger partial charge >= 0.3 is 12.1 Å². The first kappa shape index (κ1) is 21.9. The molecule has 0 aliphatic heterocycles. The molecule has 0 amide bonds. The molecule has 0 radical (unpaired) electrons. The SMILES string of the molecule is CC1(C)CCc2cnn(-c3cccc(-c4cccc(-n5ncc(C(=O)O)c5C(F)(F)F)c4)c3)c21. The van der Waals surface area contributed by atoms with Crippen LogP contribution in [0.2, 0.25) is 0 Å². The molecule has 2 heterocycles. The standard InChI is InChI=1S/C25H21F3N4O2/c1-24(2)10-9-17-13-29-31(21(17)24)18-7-3-5-15(11-18)16-6-4-8-19(12-16)32-22(25(26,27)28)20(14-30-32)23(33)34/h3-8,11-14H,9-10H2,1-2H3,(H,33,34). The highest BCUT2D eigenvalue weighted by atomic mass is 19.4. The number of benzene rings is 2. The Morgan fingerprint density at radius 3 is 2.15 bits per heavy atom. The van der Waals surface area contributed by atoms with Crippen molar-refractivity contribution in [3.8, 4) is 22.5 Å². The maximum Gasteiger partial charge on any atom is 0.434 e. The third-order valence-electron chi connectivity index (χ3n) is 6.29. The summed E-state index contributed by atoms with van der Waals surface area (Å²) in [5.41, 5.74) is 2.62. The Hall–Kier alpha value is -3.88. The quantitative estimate of drug-likeness (QED) is 0.421. The van der Waals surface area contributed by atoms with Crippen LogP contribution >= 0.6 is 0 Å². The molecule has 0 saturated carbocycles. The number of alkyl halides is 3.